The van der Waals surface area contributed by atoms with Crippen LogP contribution in [0, 0.1) is 11.8 Å². The smallest absolute Gasteiger partial charge is 0.0790 e. The maximum Gasteiger partial charge on any atom is 0.0790 e. The van der Waals surface area contributed by atoms with Crippen molar-refractivity contribution in [3.63, 3.8) is 0 Å². The molecule has 0 spiro atoms. The Balaban J connectivity index is 2.05. The van der Waals surface area contributed by atoms with Crippen LogP contribution in [0.1, 0.15) is 34.1 Å². The molecule has 2 saturated heterocycles. The van der Waals surface area contributed by atoms with Gasteiger partial charge in [-0.1, -0.05) is 0 Å². The van der Waals surface area contributed by atoms with E-state index in [0.717, 1.165) is 26.1 Å². The normalized spacial score (nSPS) is 37.9. The lowest BCUT2D eigenvalue weighted by Crippen LogP contribution is -2.49. The summed E-state index contributed by atoms with van der Waals surface area (Å²) in [6.07, 6.45) is 1.12. The van der Waals surface area contributed by atoms with E-state index in [-0.39, 0.29) is 11.2 Å². The first kappa shape index (κ1) is 15.2. The molecule has 19 heavy (non-hydrogen) atoms. The summed E-state index contributed by atoms with van der Waals surface area (Å²) in [5.74, 6) is 0.941. The molecule has 0 radical (unpaired) electrons. The molecule has 112 valence electrons. The molecular formula is C15H30N2O2. The van der Waals surface area contributed by atoms with Crippen molar-refractivity contribution in [2.75, 3.05) is 33.3 Å². The standard InChI is InChI=1S/C15H30N2O2/c1-14(2)12(13(16-5)15(3,4)19-14)9-17-7-6-11(8-17)10-18/h11-13,16,18H,6-10H2,1-5H3. The van der Waals surface area contributed by atoms with Crippen molar-refractivity contribution in [2.24, 2.45) is 11.8 Å². The van der Waals surface area contributed by atoms with E-state index in [1.165, 1.54) is 0 Å². The zero-order chi connectivity index (χ0) is 14.3. The fraction of sp³-hybridized carbons (Fsp3) is 1.00. The van der Waals surface area contributed by atoms with Gasteiger partial charge in [0.25, 0.3) is 0 Å². The third-order valence-corrected chi connectivity index (χ3v) is 4.96. The van der Waals surface area contributed by atoms with Crippen LogP contribution in [0.15, 0.2) is 0 Å². The van der Waals surface area contributed by atoms with Crippen molar-refractivity contribution >= 4 is 0 Å². The lowest BCUT2D eigenvalue weighted by atomic mass is 9.82. The van der Waals surface area contributed by atoms with Crippen LogP contribution >= 0.6 is 0 Å². The zero-order valence-corrected chi connectivity index (χ0v) is 13.1. The van der Waals surface area contributed by atoms with Gasteiger partial charge in [-0.05, 0) is 53.6 Å². The Bertz CT molecular complexity index is 317. The van der Waals surface area contributed by atoms with Gasteiger partial charge in [0.1, 0.15) is 0 Å². The molecule has 4 heteroatoms. The number of aliphatic hydroxyl groups excluding tert-OH is 1. The third kappa shape index (κ3) is 2.97. The van der Waals surface area contributed by atoms with E-state index in [1.807, 2.05) is 7.05 Å². The molecule has 2 N–H and O–H groups in total. The molecule has 0 aliphatic carbocycles. The lowest BCUT2D eigenvalue weighted by Gasteiger charge is -2.32. The summed E-state index contributed by atoms with van der Waals surface area (Å²) >= 11 is 0. The van der Waals surface area contributed by atoms with Gasteiger partial charge in [0.15, 0.2) is 0 Å². The quantitative estimate of drug-likeness (QED) is 0.803. The highest BCUT2D eigenvalue weighted by Crippen LogP contribution is 2.42. The van der Waals surface area contributed by atoms with Crippen molar-refractivity contribution in [1.82, 2.24) is 10.2 Å². The molecule has 0 aromatic heterocycles. The number of likely N-dealkylation sites (N-methyl/N-ethyl adjacent to an activating group) is 1. The van der Waals surface area contributed by atoms with Crippen LogP contribution in [0.3, 0.4) is 0 Å². The molecule has 0 aromatic rings. The second-order valence-corrected chi connectivity index (χ2v) is 7.28. The molecular weight excluding hydrogens is 240 g/mol. The number of nitrogens with zero attached hydrogens (tertiary/aromatic N) is 1. The van der Waals surface area contributed by atoms with Crippen molar-refractivity contribution in [3.8, 4) is 0 Å². The third-order valence-electron chi connectivity index (χ3n) is 4.96. The monoisotopic (exact) mass is 270 g/mol. The van der Waals surface area contributed by atoms with Crippen LogP contribution in [0.5, 0.6) is 0 Å². The Morgan fingerprint density at radius 2 is 1.95 bits per heavy atom. The summed E-state index contributed by atoms with van der Waals surface area (Å²) in [5.41, 5.74) is -0.229. The van der Waals surface area contributed by atoms with Gasteiger partial charge in [-0.3, -0.25) is 0 Å². The summed E-state index contributed by atoms with van der Waals surface area (Å²) in [6, 6.07) is 0.371. The predicted octanol–water partition coefficient (Wildman–Crippen LogP) is 1.09. The fourth-order valence-corrected chi connectivity index (χ4v) is 4.08. The van der Waals surface area contributed by atoms with Crippen molar-refractivity contribution in [3.05, 3.63) is 0 Å². The Labute approximate surface area is 117 Å². The van der Waals surface area contributed by atoms with Gasteiger partial charge < -0.3 is 20.1 Å². The summed E-state index contributed by atoms with van der Waals surface area (Å²) in [7, 11) is 2.03. The minimum atomic E-state index is -0.126. The van der Waals surface area contributed by atoms with Crippen molar-refractivity contribution < 1.29 is 9.84 Å². The number of nitrogens with one attached hydrogen (secondary N) is 1. The van der Waals surface area contributed by atoms with Gasteiger partial charge in [0.05, 0.1) is 11.2 Å². The SMILES string of the molecule is CNC1C(CN2CCC(CO)C2)C(C)(C)OC1(C)C. The van der Waals surface area contributed by atoms with Crippen LogP contribution in [-0.4, -0.2) is 60.5 Å². The van der Waals surface area contributed by atoms with Gasteiger partial charge in [-0.2, -0.15) is 0 Å². The van der Waals surface area contributed by atoms with E-state index in [2.05, 4.69) is 37.9 Å². The van der Waals surface area contributed by atoms with Crippen molar-refractivity contribution in [1.29, 1.82) is 0 Å². The van der Waals surface area contributed by atoms with Crippen LogP contribution in [0.25, 0.3) is 0 Å². The summed E-state index contributed by atoms with van der Waals surface area (Å²) in [5, 5.41) is 12.7. The molecule has 3 unspecified atom stereocenters. The minimum Gasteiger partial charge on any atom is -0.396 e. The van der Waals surface area contributed by atoms with Gasteiger partial charge in [0.2, 0.25) is 0 Å². The first-order valence-electron chi connectivity index (χ1n) is 7.51. The van der Waals surface area contributed by atoms with E-state index in [0.29, 0.717) is 24.5 Å². The van der Waals surface area contributed by atoms with Gasteiger partial charge in [-0.25, -0.2) is 0 Å². The summed E-state index contributed by atoms with van der Waals surface area (Å²) in [4.78, 5) is 2.49. The molecule has 4 nitrogen and oxygen atoms in total. The van der Waals surface area contributed by atoms with E-state index >= 15 is 0 Å². The maximum absolute atomic E-state index is 9.26. The Kier molecular flexibility index (Phi) is 4.26. The molecule has 2 heterocycles. The molecule has 2 aliphatic heterocycles. The van der Waals surface area contributed by atoms with Gasteiger partial charge >= 0.3 is 0 Å². The first-order chi connectivity index (χ1) is 8.80. The Morgan fingerprint density at radius 1 is 1.26 bits per heavy atom. The topological polar surface area (TPSA) is 44.7 Å². The summed E-state index contributed by atoms with van der Waals surface area (Å²) in [6.45, 7) is 12.3. The molecule has 2 rings (SSSR count). The number of ether oxygens (including phenoxy) is 1. The highest BCUT2D eigenvalue weighted by Gasteiger charge is 2.53. The zero-order valence-electron chi connectivity index (χ0n) is 13.1. The van der Waals surface area contributed by atoms with Gasteiger partial charge in [0, 0.05) is 31.7 Å². The average Bonchev–Trinajstić information content (AvgIpc) is 2.80. The van der Waals surface area contributed by atoms with E-state index < -0.39 is 0 Å². The molecule has 0 amide bonds. The van der Waals surface area contributed by atoms with E-state index in [9.17, 15) is 5.11 Å². The number of hydrogen-bond acceptors (Lipinski definition) is 4. The molecule has 0 saturated carbocycles. The molecule has 0 aromatic carbocycles. The number of hydrogen-bond donors (Lipinski definition) is 2. The lowest BCUT2D eigenvalue weighted by molar-refractivity contribution is -0.0791. The minimum absolute atomic E-state index is 0.103. The van der Waals surface area contributed by atoms with E-state index in [4.69, 9.17) is 4.74 Å². The highest BCUT2D eigenvalue weighted by molar-refractivity contribution is 5.06. The van der Waals surface area contributed by atoms with Crippen LogP contribution in [0.2, 0.25) is 0 Å². The van der Waals surface area contributed by atoms with Gasteiger partial charge in [-0.15, -0.1) is 0 Å². The first-order valence-corrected chi connectivity index (χ1v) is 7.51. The largest absolute Gasteiger partial charge is 0.396 e. The second-order valence-electron chi connectivity index (χ2n) is 7.28. The van der Waals surface area contributed by atoms with Crippen LogP contribution in [0.4, 0.5) is 0 Å². The number of aliphatic hydroxyl groups is 1. The van der Waals surface area contributed by atoms with Crippen LogP contribution in [-0.2, 0) is 4.74 Å². The van der Waals surface area contributed by atoms with E-state index in [1.54, 1.807) is 0 Å². The number of rotatable bonds is 4. The fourth-order valence-electron chi connectivity index (χ4n) is 4.08. The maximum atomic E-state index is 9.26. The van der Waals surface area contributed by atoms with Crippen LogP contribution < -0.4 is 5.32 Å². The average molecular weight is 270 g/mol. The molecule has 2 fully saturated rings. The second kappa shape index (κ2) is 5.32. The molecule has 2 aliphatic rings. The predicted molar refractivity (Wildman–Crippen MR) is 77.2 cm³/mol. The van der Waals surface area contributed by atoms with Crippen molar-refractivity contribution in [2.45, 2.75) is 51.4 Å². The molecule has 0 bridgehead atoms. The Hall–Kier alpha value is -0.160. The molecule has 3 atom stereocenters. The highest BCUT2D eigenvalue weighted by atomic mass is 16.5. The Morgan fingerprint density at radius 3 is 2.47 bits per heavy atom. The number of likely N-dealkylation sites (tertiary alicyclic amines) is 1. The summed E-state index contributed by atoms with van der Waals surface area (Å²) < 4.78 is 6.28.